The van der Waals surface area contributed by atoms with Crippen LogP contribution in [0.2, 0.25) is 0 Å². The summed E-state index contributed by atoms with van der Waals surface area (Å²) in [6.07, 6.45) is 3.10. The van der Waals surface area contributed by atoms with E-state index in [1.165, 1.54) is 12.1 Å². The van der Waals surface area contributed by atoms with Gasteiger partial charge in [-0.15, -0.1) is 12.4 Å². The minimum absolute atomic E-state index is 0. The lowest BCUT2D eigenvalue weighted by molar-refractivity contribution is 0.629. The van der Waals surface area contributed by atoms with Crippen molar-refractivity contribution in [3.05, 3.63) is 42.3 Å². The summed E-state index contributed by atoms with van der Waals surface area (Å²) in [5.41, 5.74) is 2.72. The fourth-order valence-corrected chi connectivity index (χ4v) is 3.02. The first-order valence-corrected chi connectivity index (χ1v) is 7.35. The Kier molecular flexibility index (Phi) is 4.18. The molecule has 1 saturated heterocycles. The minimum atomic E-state index is -0.245. The van der Waals surface area contributed by atoms with Crippen molar-refractivity contribution in [2.75, 3.05) is 31.1 Å². The molecule has 1 N–H and O–H groups in total. The maximum atomic E-state index is 13.5. The lowest BCUT2D eigenvalue weighted by atomic mass is 10.2. The fraction of sp³-hybridized carbons (Fsp3) is 0.312. The van der Waals surface area contributed by atoms with E-state index in [4.69, 9.17) is 4.98 Å². The molecule has 1 aliphatic rings. The van der Waals surface area contributed by atoms with Crippen LogP contribution in [0.4, 0.5) is 10.2 Å². The Morgan fingerprint density at radius 1 is 1.09 bits per heavy atom. The van der Waals surface area contributed by atoms with Crippen molar-refractivity contribution in [2.24, 2.45) is 0 Å². The first-order valence-electron chi connectivity index (χ1n) is 7.35. The molecule has 1 fully saturated rings. The third-order valence-corrected chi connectivity index (χ3v) is 4.04. The first kappa shape index (κ1) is 15.1. The van der Waals surface area contributed by atoms with E-state index in [2.05, 4.69) is 20.7 Å². The molecule has 3 aromatic rings. The number of nitrogens with one attached hydrogen (secondary N) is 1. The van der Waals surface area contributed by atoms with Crippen LogP contribution in [0.5, 0.6) is 0 Å². The van der Waals surface area contributed by atoms with E-state index in [1.54, 1.807) is 6.07 Å². The van der Waals surface area contributed by atoms with Crippen LogP contribution in [0.25, 0.3) is 16.6 Å². The summed E-state index contributed by atoms with van der Waals surface area (Å²) >= 11 is 0. The zero-order valence-electron chi connectivity index (χ0n) is 12.1. The summed E-state index contributed by atoms with van der Waals surface area (Å²) in [7, 11) is 0. The highest BCUT2D eigenvalue weighted by Crippen LogP contribution is 2.26. The van der Waals surface area contributed by atoms with Crippen molar-refractivity contribution in [3.8, 4) is 0 Å². The largest absolute Gasteiger partial charge is 0.354 e. The Morgan fingerprint density at radius 3 is 2.91 bits per heavy atom. The Bertz CT molecular complexity index is 793. The third-order valence-electron chi connectivity index (χ3n) is 4.04. The summed E-state index contributed by atoms with van der Waals surface area (Å²) in [5, 5.41) is 3.40. The van der Waals surface area contributed by atoms with Crippen molar-refractivity contribution < 1.29 is 4.39 Å². The number of nitrogens with zero attached hydrogens (tertiary/aromatic N) is 3. The van der Waals surface area contributed by atoms with E-state index in [-0.39, 0.29) is 18.2 Å². The molecule has 22 heavy (non-hydrogen) atoms. The Balaban J connectivity index is 0.00000144. The van der Waals surface area contributed by atoms with Crippen molar-refractivity contribution in [1.29, 1.82) is 0 Å². The van der Waals surface area contributed by atoms with Crippen LogP contribution >= 0.6 is 12.4 Å². The van der Waals surface area contributed by atoms with Crippen molar-refractivity contribution >= 4 is 34.8 Å². The Morgan fingerprint density at radius 2 is 2.00 bits per heavy atom. The highest BCUT2D eigenvalue weighted by molar-refractivity contribution is 5.85. The summed E-state index contributed by atoms with van der Waals surface area (Å²) in [6, 6.07) is 8.87. The van der Waals surface area contributed by atoms with Crippen molar-refractivity contribution in [2.45, 2.75) is 6.42 Å². The number of aromatic nitrogens is 2. The molecule has 0 aliphatic carbocycles. The number of hydrogen-bond donors (Lipinski definition) is 1. The van der Waals surface area contributed by atoms with Crippen LogP contribution < -0.4 is 10.2 Å². The Hall–Kier alpha value is -1.85. The van der Waals surface area contributed by atoms with E-state index >= 15 is 0 Å². The molecule has 0 amide bonds. The predicted octanol–water partition coefficient (Wildman–Crippen LogP) is 2.85. The summed E-state index contributed by atoms with van der Waals surface area (Å²) in [5.74, 6) is 0.701. The van der Waals surface area contributed by atoms with Gasteiger partial charge >= 0.3 is 0 Å². The van der Waals surface area contributed by atoms with Crippen LogP contribution in [0, 0.1) is 5.82 Å². The second kappa shape index (κ2) is 6.10. The number of rotatable bonds is 1. The maximum absolute atomic E-state index is 13.5. The lowest BCUT2D eigenvalue weighted by Gasteiger charge is -2.22. The average Bonchev–Trinajstić information content (AvgIpc) is 2.81. The highest BCUT2D eigenvalue weighted by atomic mass is 35.5. The summed E-state index contributed by atoms with van der Waals surface area (Å²) < 4.78 is 15.6. The van der Waals surface area contributed by atoms with Gasteiger partial charge in [-0.05, 0) is 37.2 Å². The quantitative estimate of drug-likeness (QED) is 0.748. The molecule has 0 radical (unpaired) electrons. The van der Waals surface area contributed by atoms with Gasteiger partial charge in [0, 0.05) is 31.9 Å². The van der Waals surface area contributed by atoms with Gasteiger partial charge < -0.3 is 14.6 Å². The molecule has 1 aromatic carbocycles. The SMILES string of the molecule is Cl.Fc1ccc2c(c1)nc(N1CCCNCC1)c1cccn12. The number of halogens is 2. The molecular weight excluding hydrogens is 303 g/mol. The molecule has 4 rings (SSSR count). The van der Waals surface area contributed by atoms with Crippen LogP contribution in [0.3, 0.4) is 0 Å². The molecule has 0 atom stereocenters. The van der Waals surface area contributed by atoms with Crippen LogP contribution in [0.15, 0.2) is 36.5 Å². The standard InChI is InChI=1S/C16H17FN4.ClH/c17-12-4-5-14-13(11-12)19-16(15-3-1-9-21(14)15)20-8-2-6-18-7-10-20;/h1,3-5,9,11,18H,2,6-8,10H2;1H. The normalized spacial score (nSPS) is 15.8. The molecule has 4 nitrogen and oxygen atoms in total. The monoisotopic (exact) mass is 320 g/mol. The van der Waals surface area contributed by atoms with Gasteiger partial charge in [0.25, 0.3) is 0 Å². The summed E-state index contributed by atoms with van der Waals surface area (Å²) in [6.45, 7) is 3.89. The topological polar surface area (TPSA) is 32.6 Å². The number of benzene rings is 1. The zero-order valence-corrected chi connectivity index (χ0v) is 12.9. The van der Waals surface area contributed by atoms with E-state index < -0.39 is 0 Å². The van der Waals surface area contributed by atoms with E-state index in [1.807, 2.05) is 12.3 Å². The van der Waals surface area contributed by atoms with Crippen LogP contribution in [-0.2, 0) is 0 Å². The summed E-state index contributed by atoms with van der Waals surface area (Å²) in [4.78, 5) is 7.03. The molecule has 2 aromatic heterocycles. The van der Waals surface area contributed by atoms with Gasteiger partial charge in [-0.2, -0.15) is 0 Å². The van der Waals surface area contributed by atoms with Gasteiger partial charge in [-0.3, -0.25) is 0 Å². The van der Waals surface area contributed by atoms with E-state index in [9.17, 15) is 4.39 Å². The first-order chi connectivity index (χ1) is 10.3. The van der Waals surface area contributed by atoms with Gasteiger partial charge in [0.05, 0.1) is 16.6 Å². The highest BCUT2D eigenvalue weighted by Gasteiger charge is 2.16. The van der Waals surface area contributed by atoms with E-state index in [0.29, 0.717) is 5.52 Å². The Labute approximate surface area is 134 Å². The molecule has 3 heterocycles. The van der Waals surface area contributed by atoms with Crippen LogP contribution in [-0.4, -0.2) is 35.6 Å². The maximum Gasteiger partial charge on any atom is 0.153 e. The van der Waals surface area contributed by atoms with Gasteiger partial charge in [-0.25, -0.2) is 9.37 Å². The van der Waals surface area contributed by atoms with Gasteiger partial charge in [0.15, 0.2) is 5.82 Å². The molecule has 1 aliphatic heterocycles. The third kappa shape index (κ3) is 2.51. The average molecular weight is 321 g/mol. The molecule has 116 valence electrons. The molecule has 0 spiro atoms. The van der Waals surface area contributed by atoms with Crippen molar-refractivity contribution in [3.63, 3.8) is 0 Å². The van der Waals surface area contributed by atoms with Gasteiger partial charge in [-0.1, -0.05) is 0 Å². The molecule has 0 unspecified atom stereocenters. The van der Waals surface area contributed by atoms with Gasteiger partial charge in [0.1, 0.15) is 5.82 Å². The van der Waals surface area contributed by atoms with Crippen molar-refractivity contribution in [1.82, 2.24) is 14.7 Å². The molecular formula is C16H18ClFN4. The number of hydrogen-bond acceptors (Lipinski definition) is 3. The fourth-order valence-electron chi connectivity index (χ4n) is 3.02. The lowest BCUT2D eigenvalue weighted by Crippen LogP contribution is -2.29. The second-order valence-electron chi connectivity index (χ2n) is 5.42. The smallest absolute Gasteiger partial charge is 0.153 e. The number of anilines is 1. The molecule has 0 saturated carbocycles. The second-order valence-corrected chi connectivity index (χ2v) is 5.42. The molecule has 0 bridgehead atoms. The van der Waals surface area contributed by atoms with Gasteiger partial charge in [0.2, 0.25) is 0 Å². The minimum Gasteiger partial charge on any atom is -0.354 e. The predicted molar refractivity (Wildman–Crippen MR) is 89.6 cm³/mol. The number of fused-ring (bicyclic) bond motifs is 3. The zero-order chi connectivity index (χ0) is 14.2. The van der Waals surface area contributed by atoms with E-state index in [0.717, 1.165) is 49.5 Å². The van der Waals surface area contributed by atoms with Crippen LogP contribution in [0.1, 0.15) is 6.42 Å². The molecule has 6 heteroatoms.